The molecule has 0 aromatic heterocycles. The third-order valence-corrected chi connectivity index (χ3v) is 3.42. The van der Waals surface area contributed by atoms with Gasteiger partial charge in [-0.15, -0.1) is 0 Å². The highest BCUT2D eigenvalue weighted by molar-refractivity contribution is 9.10. The summed E-state index contributed by atoms with van der Waals surface area (Å²) < 4.78 is 0.816. The van der Waals surface area contributed by atoms with Crippen molar-refractivity contribution >= 4 is 39.1 Å². The Labute approximate surface area is 131 Å². The summed E-state index contributed by atoms with van der Waals surface area (Å²) in [5.41, 5.74) is 2.61. The predicted octanol–water partition coefficient (Wildman–Crippen LogP) is 3.97. The number of carbonyl (C=O) groups excluding carboxylic acids is 2. The minimum absolute atomic E-state index is 0.191. The number of amides is 2. The van der Waals surface area contributed by atoms with Crippen LogP contribution in [0.5, 0.6) is 0 Å². The third kappa shape index (κ3) is 3.92. The number of rotatable bonds is 3. The first-order chi connectivity index (χ1) is 9.97. The van der Waals surface area contributed by atoms with Crippen molar-refractivity contribution in [2.75, 3.05) is 10.6 Å². The van der Waals surface area contributed by atoms with E-state index in [-0.39, 0.29) is 11.8 Å². The molecule has 5 heteroatoms. The van der Waals surface area contributed by atoms with Gasteiger partial charge in [-0.25, -0.2) is 0 Å². The van der Waals surface area contributed by atoms with E-state index in [1.807, 2.05) is 25.1 Å². The number of benzene rings is 2. The summed E-state index contributed by atoms with van der Waals surface area (Å²) in [6.45, 7) is 3.31. The number of carbonyl (C=O) groups is 2. The summed E-state index contributed by atoms with van der Waals surface area (Å²) in [5, 5.41) is 5.53. The van der Waals surface area contributed by atoms with Crippen molar-refractivity contribution in [1.29, 1.82) is 0 Å². The van der Waals surface area contributed by atoms with Crippen molar-refractivity contribution in [3.8, 4) is 0 Å². The number of anilines is 2. The van der Waals surface area contributed by atoms with Crippen LogP contribution in [0.4, 0.5) is 11.4 Å². The standard InChI is InChI=1S/C16H15BrN2O2/c1-10-5-3-4-6-13(10)16(21)19-15-9-12(17)7-8-14(15)18-11(2)20/h3-9H,1-2H3,(H,18,20)(H,19,21). The maximum atomic E-state index is 12.3. The Morgan fingerprint density at radius 1 is 1.00 bits per heavy atom. The molecule has 0 atom stereocenters. The molecule has 4 nitrogen and oxygen atoms in total. The summed E-state index contributed by atoms with van der Waals surface area (Å²) in [6, 6.07) is 12.6. The maximum Gasteiger partial charge on any atom is 0.255 e. The van der Waals surface area contributed by atoms with Crippen molar-refractivity contribution in [2.24, 2.45) is 0 Å². The van der Waals surface area contributed by atoms with Crippen molar-refractivity contribution in [1.82, 2.24) is 0 Å². The van der Waals surface area contributed by atoms with Gasteiger partial charge in [-0.3, -0.25) is 9.59 Å². The second-order valence-corrected chi connectivity index (χ2v) is 5.56. The van der Waals surface area contributed by atoms with Crippen LogP contribution in [0.25, 0.3) is 0 Å². The van der Waals surface area contributed by atoms with Gasteiger partial charge in [0.25, 0.3) is 5.91 Å². The third-order valence-electron chi connectivity index (χ3n) is 2.93. The second kappa shape index (κ2) is 6.54. The second-order valence-electron chi connectivity index (χ2n) is 4.64. The fourth-order valence-electron chi connectivity index (χ4n) is 1.94. The lowest BCUT2D eigenvalue weighted by Crippen LogP contribution is -2.16. The highest BCUT2D eigenvalue weighted by Gasteiger charge is 2.12. The van der Waals surface area contributed by atoms with Gasteiger partial charge in [0, 0.05) is 17.0 Å². The lowest BCUT2D eigenvalue weighted by Gasteiger charge is -2.13. The van der Waals surface area contributed by atoms with Gasteiger partial charge in [0.05, 0.1) is 11.4 Å². The van der Waals surface area contributed by atoms with Crippen LogP contribution in [0.15, 0.2) is 46.9 Å². The molecule has 2 rings (SSSR count). The van der Waals surface area contributed by atoms with E-state index in [1.54, 1.807) is 24.3 Å². The molecule has 0 saturated heterocycles. The first kappa shape index (κ1) is 15.3. The van der Waals surface area contributed by atoms with Crippen LogP contribution in [-0.2, 0) is 4.79 Å². The molecule has 0 heterocycles. The molecule has 0 aliphatic carbocycles. The first-order valence-corrected chi connectivity index (χ1v) is 7.21. The van der Waals surface area contributed by atoms with E-state index >= 15 is 0 Å². The SMILES string of the molecule is CC(=O)Nc1ccc(Br)cc1NC(=O)c1ccccc1C. The molecular weight excluding hydrogens is 332 g/mol. The zero-order chi connectivity index (χ0) is 15.4. The van der Waals surface area contributed by atoms with Gasteiger partial charge < -0.3 is 10.6 Å². The lowest BCUT2D eigenvalue weighted by molar-refractivity contribution is -0.114. The van der Waals surface area contributed by atoms with E-state index in [0.717, 1.165) is 10.0 Å². The van der Waals surface area contributed by atoms with Crippen LogP contribution in [0, 0.1) is 6.92 Å². The van der Waals surface area contributed by atoms with Crippen LogP contribution in [0.3, 0.4) is 0 Å². The van der Waals surface area contributed by atoms with Crippen LogP contribution in [0.1, 0.15) is 22.8 Å². The molecule has 21 heavy (non-hydrogen) atoms. The Balaban J connectivity index is 2.30. The summed E-state index contributed by atoms with van der Waals surface area (Å²) >= 11 is 3.36. The maximum absolute atomic E-state index is 12.3. The fourth-order valence-corrected chi connectivity index (χ4v) is 2.30. The van der Waals surface area contributed by atoms with Crippen LogP contribution < -0.4 is 10.6 Å². The summed E-state index contributed by atoms with van der Waals surface area (Å²) in [6.07, 6.45) is 0. The van der Waals surface area contributed by atoms with Crippen LogP contribution >= 0.6 is 15.9 Å². The van der Waals surface area contributed by atoms with E-state index in [2.05, 4.69) is 26.6 Å². The van der Waals surface area contributed by atoms with Gasteiger partial charge in [0.15, 0.2) is 0 Å². The van der Waals surface area contributed by atoms with Gasteiger partial charge in [0.2, 0.25) is 5.91 Å². The molecule has 0 radical (unpaired) electrons. The van der Waals surface area contributed by atoms with E-state index in [1.165, 1.54) is 6.92 Å². The summed E-state index contributed by atoms with van der Waals surface area (Å²) in [7, 11) is 0. The van der Waals surface area contributed by atoms with E-state index < -0.39 is 0 Å². The highest BCUT2D eigenvalue weighted by Crippen LogP contribution is 2.26. The Morgan fingerprint density at radius 2 is 1.71 bits per heavy atom. The molecular formula is C16H15BrN2O2. The minimum atomic E-state index is -0.210. The molecule has 2 aromatic rings. The van der Waals surface area contributed by atoms with E-state index in [4.69, 9.17) is 0 Å². The van der Waals surface area contributed by atoms with Crippen LogP contribution in [0.2, 0.25) is 0 Å². The zero-order valence-corrected chi connectivity index (χ0v) is 13.3. The molecule has 0 unspecified atom stereocenters. The molecule has 0 aliphatic rings. The quantitative estimate of drug-likeness (QED) is 0.883. The van der Waals surface area contributed by atoms with Gasteiger partial charge in [-0.05, 0) is 36.8 Å². The van der Waals surface area contributed by atoms with Gasteiger partial charge in [0.1, 0.15) is 0 Å². The average molecular weight is 347 g/mol. The molecule has 0 bridgehead atoms. The number of hydrogen-bond acceptors (Lipinski definition) is 2. The van der Waals surface area contributed by atoms with Crippen LogP contribution in [-0.4, -0.2) is 11.8 Å². The largest absolute Gasteiger partial charge is 0.325 e. The lowest BCUT2D eigenvalue weighted by atomic mass is 10.1. The fraction of sp³-hybridized carbons (Fsp3) is 0.125. The van der Waals surface area contributed by atoms with Crippen molar-refractivity contribution in [2.45, 2.75) is 13.8 Å². The van der Waals surface area contributed by atoms with Gasteiger partial charge in [-0.1, -0.05) is 34.1 Å². The number of nitrogens with one attached hydrogen (secondary N) is 2. The Morgan fingerprint density at radius 3 is 2.38 bits per heavy atom. The molecule has 0 spiro atoms. The number of aryl methyl sites for hydroxylation is 1. The monoisotopic (exact) mass is 346 g/mol. The molecule has 2 amide bonds. The smallest absolute Gasteiger partial charge is 0.255 e. The Hall–Kier alpha value is -2.14. The summed E-state index contributed by atoms with van der Waals surface area (Å²) in [5.74, 6) is -0.401. The minimum Gasteiger partial charge on any atom is -0.325 e. The molecule has 0 fully saturated rings. The van der Waals surface area contributed by atoms with E-state index in [9.17, 15) is 9.59 Å². The van der Waals surface area contributed by atoms with E-state index in [0.29, 0.717) is 16.9 Å². The highest BCUT2D eigenvalue weighted by atomic mass is 79.9. The Bertz CT molecular complexity index is 698. The molecule has 0 aliphatic heterocycles. The van der Waals surface area contributed by atoms with Crippen molar-refractivity contribution in [3.63, 3.8) is 0 Å². The van der Waals surface area contributed by atoms with Gasteiger partial charge in [-0.2, -0.15) is 0 Å². The van der Waals surface area contributed by atoms with Gasteiger partial charge >= 0.3 is 0 Å². The molecule has 2 N–H and O–H groups in total. The predicted molar refractivity (Wildman–Crippen MR) is 87.6 cm³/mol. The number of halogens is 1. The van der Waals surface area contributed by atoms with Crippen molar-refractivity contribution < 1.29 is 9.59 Å². The average Bonchev–Trinajstić information content (AvgIpc) is 2.42. The molecule has 108 valence electrons. The number of hydrogen-bond donors (Lipinski definition) is 2. The summed E-state index contributed by atoms with van der Waals surface area (Å²) in [4.78, 5) is 23.6. The molecule has 0 saturated carbocycles. The molecule has 2 aromatic carbocycles. The zero-order valence-electron chi connectivity index (χ0n) is 11.7. The Kier molecular flexibility index (Phi) is 4.75. The topological polar surface area (TPSA) is 58.2 Å². The van der Waals surface area contributed by atoms with Crippen molar-refractivity contribution in [3.05, 3.63) is 58.1 Å². The normalized spacial score (nSPS) is 10.0. The first-order valence-electron chi connectivity index (χ1n) is 6.41.